The molecule has 0 unspecified atom stereocenters. The SMILES string of the molecule is Cc1ccc(NC(=O)CN(C)CC(=O)Nc2ccc(Br)cc2F)cc1. The van der Waals surface area contributed by atoms with Crippen LogP contribution in [0.1, 0.15) is 5.56 Å². The molecular formula is C18H19BrFN3O2. The number of aryl methyl sites for hydroxylation is 1. The van der Waals surface area contributed by atoms with E-state index in [2.05, 4.69) is 26.6 Å². The number of likely N-dealkylation sites (N-methyl/N-ethyl adjacent to an activating group) is 1. The highest BCUT2D eigenvalue weighted by Crippen LogP contribution is 2.19. The Morgan fingerprint density at radius 2 is 1.64 bits per heavy atom. The molecule has 2 aromatic rings. The maximum Gasteiger partial charge on any atom is 0.238 e. The van der Waals surface area contributed by atoms with Crippen molar-refractivity contribution in [3.8, 4) is 0 Å². The molecule has 7 heteroatoms. The first-order valence-corrected chi connectivity index (χ1v) is 8.43. The second kappa shape index (κ2) is 8.73. The fraction of sp³-hybridized carbons (Fsp3) is 0.222. The number of hydrogen-bond donors (Lipinski definition) is 2. The van der Waals surface area contributed by atoms with Gasteiger partial charge in [0, 0.05) is 10.2 Å². The molecule has 5 nitrogen and oxygen atoms in total. The molecule has 2 rings (SSSR count). The maximum atomic E-state index is 13.7. The monoisotopic (exact) mass is 407 g/mol. The molecule has 0 aliphatic rings. The molecule has 0 saturated heterocycles. The molecule has 0 saturated carbocycles. The molecule has 2 N–H and O–H groups in total. The largest absolute Gasteiger partial charge is 0.325 e. The first-order valence-electron chi connectivity index (χ1n) is 7.63. The molecule has 0 aliphatic carbocycles. The molecule has 132 valence electrons. The molecule has 2 aromatic carbocycles. The van der Waals surface area contributed by atoms with Crippen molar-refractivity contribution in [3.63, 3.8) is 0 Å². The van der Waals surface area contributed by atoms with Crippen LogP contribution in [0.2, 0.25) is 0 Å². The molecule has 0 bridgehead atoms. The van der Waals surface area contributed by atoms with Gasteiger partial charge in [-0.25, -0.2) is 4.39 Å². The van der Waals surface area contributed by atoms with Gasteiger partial charge < -0.3 is 10.6 Å². The van der Waals surface area contributed by atoms with Crippen molar-refractivity contribution in [2.75, 3.05) is 30.8 Å². The molecule has 0 aliphatic heterocycles. The van der Waals surface area contributed by atoms with Crippen LogP contribution in [0.3, 0.4) is 0 Å². The molecular weight excluding hydrogens is 389 g/mol. The number of amides is 2. The van der Waals surface area contributed by atoms with Crippen LogP contribution in [0.4, 0.5) is 15.8 Å². The highest BCUT2D eigenvalue weighted by molar-refractivity contribution is 9.10. The van der Waals surface area contributed by atoms with Gasteiger partial charge in [-0.15, -0.1) is 0 Å². The van der Waals surface area contributed by atoms with E-state index in [0.717, 1.165) is 5.56 Å². The normalized spacial score (nSPS) is 10.6. The number of hydrogen-bond acceptors (Lipinski definition) is 3. The van der Waals surface area contributed by atoms with Crippen LogP contribution in [0.25, 0.3) is 0 Å². The Morgan fingerprint density at radius 3 is 2.24 bits per heavy atom. The van der Waals surface area contributed by atoms with E-state index in [4.69, 9.17) is 0 Å². The van der Waals surface area contributed by atoms with E-state index in [1.165, 1.54) is 12.1 Å². The fourth-order valence-electron chi connectivity index (χ4n) is 2.16. The Labute approximate surface area is 154 Å². The Bertz CT molecular complexity index is 765. The van der Waals surface area contributed by atoms with Crippen LogP contribution in [-0.2, 0) is 9.59 Å². The summed E-state index contributed by atoms with van der Waals surface area (Å²) in [5.41, 5.74) is 1.91. The van der Waals surface area contributed by atoms with E-state index in [1.807, 2.05) is 31.2 Å². The lowest BCUT2D eigenvalue weighted by molar-refractivity contribution is -0.119. The predicted octanol–water partition coefficient (Wildman–Crippen LogP) is 3.41. The summed E-state index contributed by atoms with van der Waals surface area (Å²) in [6.45, 7) is 1.98. The van der Waals surface area contributed by atoms with Gasteiger partial charge in [0.05, 0.1) is 18.8 Å². The molecule has 0 fully saturated rings. The first-order chi connectivity index (χ1) is 11.8. The summed E-state index contributed by atoms with van der Waals surface area (Å²) in [6.07, 6.45) is 0. The number of benzene rings is 2. The van der Waals surface area contributed by atoms with Crippen molar-refractivity contribution < 1.29 is 14.0 Å². The summed E-state index contributed by atoms with van der Waals surface area (Å²) in [5, 5.41) is 5.25. The number of halogens is 2. The van der Waals surface area contributed by atoms with Crippen LogP contribution >= 0.6 is 15.9 Å². The molecule has 0 heterocycles. The van der Waals surface area contributed by atoms with Gasteiger partial charge >= 0.3 is 0 Å². The van der Waals surface area contributed by atoms with E-state index in [9.17, 15) is 14.0 Å². The van der Waals surface area contributed by atoms with Crippen LogP contribution in [0.5, 0.6) is 0 Å². The predicted molar refractivity (Wildman–Crippen MR) is 100 cm³/mol. The zero-order valence-electron chi connectivity index (χ0n) is 14.0. The zero-order chi connectivity index (χ0) is 18.4. The zero-order valence-corrected chi connectivity index (χ0v) is 15.6. The Morgan fingerprint density at radius 1 is 1.04 bits per heavy atom. The van der Waals surface area contributed by atoms with Crippen molar-refractivity contribution in [2.45, 2.75) is 6.92 Å². The second-order valence-electron chi connectivity index (χ2n) is 5.76. The smallest absolute Gasteiger partial charge is 0.238 e. The summed E-state index contributed by atoms with van der Waals surface area (Å²) in [4.78, 5) is 25.5. The summed E-state index contributed by atoms with van der Waals surface area (Å²) >= 11 is 3.16. The highest BCUT2D eigenvalue weighted by Gasteiger charge is 2.13. The van der Waals surface area contributed by atoms with E-state index in [1.54, 1.807) is 18.0 Å². The number of nitrogens with zero attached hydrogens (tertiary/aromatic N) is 1. The molecule has 0 aromatic heterocycles. The third-order valence-electron chi connectivity index (χ3n) is 3.37. The summed E-state index contributed by atoms with van der Waals surface area (Å²) in [6, 6.07) is 11.8. The van der Waals surface area contributed by atoms with Crippen LogP contribution < -0.4 is 10.6 Å². The minimum Gasteiger partial charge on any atom is -0.325 e. The third-order valence-corrected chi connectivity index (χ3v) is 3.86. The Balaban J connectivity index is 1.82. The summed E-state index contributed by atoms with van der Waals surface area (Å²) in [5.74, 6) is -1.15. The van der Waals surface area contributed by atoms with Crippen molar-refractivity contribution in [3.05, 3.63) is 58.3 Å². The van der Waals surface area contributed by atoms with Crippen LogP contribution in [-0.4, -0.2) is 36.9 Å². The Kier molecular flexibility index (Phi) is 6.66. The van der Waals surface area contributed by atoms with Gasteiger partial charge in [0.15, 0.2) is 0 Å². The molecule has 0 radical (unpaired) electrons. The molecule has 0 atom stereocenters. The van der Waals surface area contributed by atoms with Crippen molar-refractivity contribution in [1.82, 2.24) is 4.90 Å². The van der Waals surface area contributed by atoms with Gasteiger partial charge in [-0.2, -0.15) is 0 Å². The lowest BCUT2D eigenvalue weighted by atomic mass is 10.2. The molecule has 25 heavy (non-hydrogen) atoms. The van der Waals surface area contributed by atoms with Gasteiger partial charge in [-0.1, -0.05) is 33.6 Å². The lowest BCUT2D eigenvalue weighted by Crippen LogP contribution is -2.36. The first kappa shape index (κ1) is 19.1. The van der Waals surface area contributed by atoms with Gasteiger partial charge in [0.1, 0.15) is 5.82 Å². The van der Waals surface area contributed by atoms with E-state index < -0.39 is 11.7 Å². The number of anilines is 2. The van der Waals surface area contributed by atoms with E-state index in [-0.39, 0.29) is 24.7 Å². The number of nitrogens with one attached hydrogen (secondary N) is 2. The van der Waals surface area contributed by atoms with Crippen molar-refractivity contribution >= 4 is 39.1 Å². The van der Waals surface area contributed by atoms with Crippen molar-refractivity contribution in [2.24, 2.45) is 0 Å². The van der Waals surface area contributed by atoms with Crippen LogP contribution in [0, 0.1) is 12.7 Å². The average molecular weight is 408 g/mol. The van der Waals surface area contributed by atoms with E-state index >= 15 is 0 Å². The summed E-state index contributed by atoms with van der Waals surface area (Å²) < 4.78 is 14.3. The minimum atomic E-state index is -0.525. The van der Waals surface area contributed by atoms with E-state index in [0.29, 0.717) is 10.2 Å². The third kappa shape index (κ3) is 6.28. The van der Waals surface area contributed by atoms with Crippen molar-refractivity contribution in [1.29, 1.82) is 0 Å². The maximum absolute atomic E-state index is 13.7. The topological polar surface area (TPSA) is 61.4 Å². The fourth-order valence-corrected chi connectivity index (χ4v) is 2.50. The quantitative estimate of drug-likeness (QED) is 0.770. The minimum absolute atomic E-state index is 0.0309. The van der Waals surface area contributed by atoms with Gasteiger partial charge in [0.2, 0.25) is 11.8 Å². The Hall–Kier alpha value is -2.25. The van der Waals surface area contributed by atoms with Gasteiger partial charge in [0.25, 0.3) is 0 Å². The number of carbonyl (C=O) groups excluding carboxylic acids is 2. The average Bonchev–Trinajstić information content (AvgIpc) is 2.52. The lowest BCUT2D eigenvalue weighted by Gasteiger charge is -2.16. The van der Waals surface area contributed by atoms with Gasteiger partial charge in [-0.3, -0.25) is 14.5 Å². The number of carbonyl (C=O) groups is 2. The second-order valence-corrected chi connectivity index (χ2v) is 6.67. The highest BCUT2D eigenvalue weighted by atomic mass is 79.9. The standard InChI is InChI=1S/C18H19BrFN3O2/c1-12-3-6-14(7-4-12)21-17(24)10-23(2)11-18(25)22-16-8-5-13(19)9-15(16)20/h3-9H,10-11H2,1-2H3,(H,21,24)(H,22,25). The number of rotatable bonds is 6. The van der Waals surface area contributed by atoms with Gasteiger partial charge in [-0.05, 0) is 44.3 Å². The molecule has 0 spiro atoms. The summed E-state index contributed by atoms with van der Waals surface area (Å²) in [7, 11) is 1.65. The van der Waals surface area contributed by atoms with Crippen LogP contribution in [0.15, 0.2) is 46.9 Å². The molecule has 2 amide bonds.